The molecule has 0 spiro atoms. The number of esters is 1. The van der Waals surface area contributed by atoms with E-state index in [1.54, 1.807) is 12.1 Å². The molecule has 2 N–H and O–H groups in total. The van der Waals surface area contributed by atoms with E-state index >= 15 is 0 Å². The van der Waals surface area contributed by atoms with Crippen LogP contribution in [0.25, 0.3) is 0 Å². The molecule has 0 bridgehead atoms. The SMILES string of the molecule is COC(=O)C(O)C(O)c1ncccc1OC. The van der Waals surface area contributed by atoms with Crippen LogP contribution in [0.2, 0.25) is 0 Å². The number of methoxy groups -OCH3 is 2. The lowest BCUT2D eigenvalue weighted by Gasteiger charge is -2.16. The quantitative estimate of drug-likeness (QED) is 0.684. The number of pyridine rings is 1. The molecule has 2 unspecified atom stereocenters. The Labute approximate surface area is 92.5 Å². The van der Waals surface area contributed by atoms with E-state index in [4.69, 9.17) is 4.74 Å². The molecule has 1 heterocycles. The zero-order valence-corrected chi connectivity index (χ0v) is 8.95. The minimum atomic E-state index is -1.69. The van der Waals surface area contributed by atoms with E-state index in [1.807, 2.05) is 0 Å². The van der Waals surface area contributed by atoms with Crippen molar-refractivity contribution < 1.29 is 24.5 Å². The van der Waals surface area contributed by atoms with Crippen molar-refractivity contribution in [1.29, 1.82) is 0 Å². The second-order valence-electron chi connectivity index (χ2n) is 3.00. The van der Waals surface area contributed by atoms with Crippen molar-refractivity contribution in [2.75, 3.05) is 14.2 Å². The van der Waals surface area contributed by atoms with E-state index in [-0.39, 0.29) is 11.4 Å². The summed E-state index contributed by atoms with van der Waals surface area (Å²) in [6.07, 6.45) is -1.75. The first-order valence-electron chi connectivity index (χ1n) is 4.54. The van der Waals surface area contributed by atoms with E-state index in [1.165, 1.54) is 13.3 Å². The number of carbonyl (C=O) groups excluding carboxylic acids is 1. The fraction of sp³-hybridized carbons (Fsp3) is 0.400. The summed E-state index contributed by atoms with van der Waals surface area (Å²) in [5, 5.41) is 19.1. The third-order valence-electron chi connectivity index (χ3n) is 2.04. The Morgan fingerprint density at radius 1 is 1.44 bits per heavy atom. The van der Waals surface area contributed by atoms with Crippen LogP contribution in [0.5, 0.6) is 5.75 Å². The summed E-state index contributed by atoms with van der Waals surface area (Å²) in [5.74, 6) is -0.641. The Balaban J connectivity index is 2.95. The molecule has 88 valence electrons. The lowest BCUT2D eigenvalue weighted by atomic mass is 10.1. The molecule has 6 heteroatoms. The fourth-order valence-corrected chi connectivity index (χ4v) is 1.20. The molecule has 0 radical (unpaired) electrons. The Kier molecular flexibility index (Phi) is 4.21. The van der Waals surface area contributed by atoms with Gasteiger partial charge in [0.1, 0.15) is 17.5 Å². The molecule has 0 saturated heterocycles. The molecule has 1 rings (SSSR count). The summed E-state index contributed by atoms with van der Waals surface area (Å²) in [6, 6.07) is 3.18. The largest absolute Gasteiger partial charge is 0.495 e. The lowest BCUT2D eigenvalue weighted by Crippen LogP contribution is -2.29. The van der Waals surface area contributed by atoms with Gasteiger partial charge in [-0.3, -0.25) is 4.98 Å². The van der Waals surface area contributed by atoms with Crippen LogP contribution in [0.15, 0.2) is 18.3 Å². The molecule has 0 aliphatic carbocycles. The van der Waals surface area contributed by atoms with E-state index < -0.39 is 18.2 Å². The summed E-state index contributed by atoms with van der Waals surface area (Å²) in [6.45, 7) is 0. The highest BCUT2D eigenvalue weighted by atomic mass is 16.5. The zero-order chi connectivity index (χ0) is 12.1. The van der Waals surface area contributed by atoms with Crippen LogP contribution < -0.4 is 4.74 Å². The summed E-state index contributed by atoms with van der Waals surface area (Å²) in [7, 11) is 2.52. The van der Waals surface area contributed by atoms with Gasteiger partial charge in [-0.1, -0.05) is 0 Å². The van der Waals surface area contributed by atoms with Crippen molar-refractivity contribution in [2.45, 2.75) is 12.2 Å². The summed E-state index contributed by atoms with van der Waals surface area (Å²) in [5.41, 5.74) is 0.0860. The van der Waals surface area contributed by atoms with Crippen molar-refractivity contribution in [1.82, 2.24) is 4.98 Å². The van der Waals surface area contributed by atoms with Crippen molar-refractivity contribution in [3.05, 3.63) is 24.0 Å². The molecule has 0 aliphatic heterocycles. The monoisotopic (exact) mass is 227 g/mol. The third-order valence-corrected chi connectivity index (χ3v) is 2.04. The highest BCUT2D eigenvalue weighted by Crippen LogP contribution is 2.24. The normalized spacial score (nSPS) is 14.0. The van der Waals surface area contributed by atoms with Crippen molar-refractivity contribution in [3.8, 4) is 5.75 Å². The fourth-order valence-electron chi connectivity index (χ4n) is 1.20. The van der Waals surface area contributed by atoms with E-state index in [0.29, 0.717) is 0 Å². The van der Waals surface area contributed by atoms with Crippen molar-refractivity contribution in [2.24, 2.45) is 0 Å². The van der Waals surface area contributed by atoms with Gasteiger partial charge in [0, 0.05) is 6.20 Å². The number of aliphatic hydroxyl groups is 2. The molecule has 0 saturated carbocycles. The first-order chi connectivity index (χ1) is 7.61. The van der Waals surface area contributed by atoms with Gasteiger partial charge in [0.15, 0.2) is 6.10 Å². The van der Waals surface area contributed by atoms with Gasteiger partial charge < -0.3 is 19.7 Å². The second kappa shape index (κ2) is 5.43. The summed E-state index contributed by atoms with van der Waals surface area (Å²) in [4.78, 5) is 14.9. The minimum Gasteiger partial charge on any atom is -0.495 e. The molecule has 2 atom stereocenters. The van der Waals surface area contributed by atoms with E-state index in [2.05, 4.69) is 9.72 Å². The maximum Gasteiger partial charge on any atom is 0.337 e. The molecular formula is C10H13NO5. The van der Waals surface area contributed by atoms with Gasteiger partial charge in [-0.2, -0.15) is 0 Å². The standard InChI is InChI=1S/C10H13NO5/c1-15-6-4-3-5-11-7(6)8(12)9(13)10(14)16-2/h3-5,8-9,12-13H,1-2H3. The summed E-state index contributed by atoms with van der Waals surface area (Å²) >= 11 is 0. The second-order valence-corrected chi connectivity index (χ2v) is 3.00. The van der Waals surface area contributed by atoms with Gasteiger partial charge in [0.25, 0.3) is 0 Å². The van der Waals surface area contributed by atoms with Crippen molar-refractivity contribution >= 4 is 5.97 Å². The predicted octanol–water partition coefficient (Wildman–Crippen LogP) is -0.343. The number of hydrogen-bond donors (Lipinski definition) is 2. The van der Waals surface area contributed by atoms with Crippen LogP contribution in [-0.4, -0.2) is 41.5 Å². The molecule has 6 nitrogen and oxygen atoms in total. The first kappa shape index (κ1) is 12.4. The van der Waals surface area contributed by atoms with Crippen molar-refractivity contribution in [3.63, 3.8) is 0 Å². The third kappa shape index (κ3) is 2.47. The molecule has 16 heavy (non-hydrogen) atoms. The maximum absolute atomic E-state index is 11.0. The zero-order valence-electron chi connectivity index (χ0n) is 8.95. The van der Waals surface area contributed by atoms with Gasteiger partial charge in [-0.05, 0) is 12.1 Å². The molecule has 0 fully saturated rings. The lowest BCUT2D eigenvalue weighted by molar-refractivity contribution is -0.157. The van der Waals surface area contributed by atoms with E-state index in [0.717, 1.165) is 7.11 Å². The predicted molar refractivity (Wildman–Crippen MR) is 53.8 cm³/mol. The topological polar surface area (TPSA) is 88.9 Å². The number of nitrogens with zero attached hydrogens (tertiary/aromatic N) is 1. The Morgan fingerprint density at radius 2 is 2.12 bits per heavy atom. The Hall–Kier alpha value is -1.66. The van der Waals surface area contributed by atoms with Gasteiger partial charge in [0.05, 0.1) is 14.2 Å². The number of aliphatic hydroxyl groups excluding tert-OH is 2. The van der Waals surface area contributed by atoms with Crippen LogP contribution in [-0.2, 0) is 9.53 Å². The average molecular weight is 227 g/mol. The van der Waals surface area contributed by atoms with Crippen LogP contribution >= 0.6 is 0 Å². The van der Waals surface area contributed by atoms with Crippen LogP contribution in [0.1, 0.15) is 11.8 Å². The van der Waals surface area contributed by atoms with Gasteiger partial charge in [0.2, 0.25) is 0 Å². The Morgan fingerprint density at radius 3 is 2.69 bits per heavy atom. The Bertz CT molecular complexity index is 368. The first-order valence-corrected chi connectivity index (χ1v) is 4.54. The minimum absolute atomic E-state index is 0.0860. The number of aromatic nitrogens is 1. The van der Waals surface area contributed by atoms with Gasteiger partial charge in [-0.25, -0.2) is 4.79 Å². The van der Waals surface area contributed by atoms with E-state index in [9.17, 15) is 15.0 Å². The van der Waals surface area contributed by atoms with Crippen LogP contribution in [0.3, 0.4) is 0 Å². The maximum atomic E-state index is 11.0. The number of hydrogen-bond acceptors (Lipinski definition) is 6. The molecule has 1 aromatic heterocycles. The van der Waals surface area contributed by atoms with Crippen LogP contribution in [0, 0.1) is 0 Å². The molecule has 0 amide bonds. The molecule has 0 aromatic carbocycles. The highest BCUT2D eigenvalue weighted by molar-refractivity contribution is 5.75. The molecule has 1 aromatic rings. The van der Waals surface area contributed by atoms with Gasteiger partial charge >= 0.3 is 5.97 Å². The number of carbonyl (C=O) groups is 1. The van der Waals surface area contributed by atoms with Gasteiger partial charge in [-0.15, -0.1) is 0 Å². The smallest absolute Gasteiger partial charge is 0.337 e. The molecular weight excluding hydrogens is 214 g/mol. The number of ether oxygens (including phenoxy) is 2. The molecule has 0 aliphatic rings. The van der Waals surface area contributed by atoms with Crippen LogP contribution in [0.4, 0.5) is 0 Å². The highest BCUT2D eigenvalue weighted by Gasteiger charge is 2.29. The summed E-state index contributed by atoms with van der Waals surface area (Å²) < 4.78 is 9.25. The average Bonchev–Trinajstić information content (AvgIpc) is 2.35. The number of rotatable bonds is 4.